The highest BCUT2D eigenvalue weighted by Crippen LogP contribution is 2.42. The molecule has 0 bridgehead atoms. The van der Waals surface area contributed by atoms with Gasteiger partial charge in [0, 0.05) is 11.1 Å². The Morgan fingerprint density at radius 1 is 1.00 bits per heavy atom. The SMILES string of the molecule is CC(C)(C)OC(=O)NC1(c2ccc(-c3nnc(N)cc3-c3ccccc3)cc2)CCC1. The summed E-state index contributed by atoms with van der Waals surface area (Å²) in [5.74, 6) is 0.384. The number of nitrogens with two attached hydrogens (primary N) is 1. The molecule has 160 valence electrons. The largest absolute Gasteiger partial charge is 0.444 e. The van der Waals surface area contributed by atoms with E-state index in [9.17, 15) is 4.79 Å². The molecular formula is C25H28N4O2. The minimum Gasteiger partial charge on any atom is -0.444 e. The van der Waals surface area contributed by atoms with E-state index in [2.05, 4.69) is 27.6 Å². The number of rotatable bonds is 4. The van der Waals surface area contributed by atoms with Gasteiger partial charge in [-0.3, -0.25) is 0 Å². The number of hydrogen-bond donors (Lipinski definition) is 2. The molecule has 1 aliphatic rings. The lowest BCUT2D eigenvalue weighted by atomic mass is 9.71. The van der Waals surface area contributed by atoms with Crippen LogP contribution in [0.1, 0.15) is 45.6 Å². The lowest BCUT2D eigenvalue weighted by molar-refractivity contribution is 0.0377. The predicted molar refractivity (Wildman–Crippen MR) is 122 cm³/mol. The van der Waals surface area contributed by atoms with E-state index in [-0.39, 0.29) is 11.6 Å². The molecule has 1 aromatic heterocycles. The molecule has 0 radical (unpaired) electrons. The minimum absolute atomic E-state index is 0.379. The highest BCUT2D eigenvalue weighted by atomic mass is 16.6. The quantitative estimate of drug-likeness (QED) is 0.602. The zero-order chi connectivity index (χ0) is 22.1. The summed E-state index contributed by atoms with van der Waals surface area (Å²) >= 11 is 0. The van der Waals surface area contributed by atoms with E-state index in [0.717, 1.165) is 47.2 Å². The Bertz CT molecular complexity index is 1070. The van der Waals surface area contributed by atoms with Crippen LogP contribution < -0.4 is 11.1 Å². The zero-order valence-electron chi connectivity index (χ0n) is 18.2. The molecule has 6 heteroatoms. The maximum absolute atomic E-state index is 12.4. The molecule has 0 aliphatic heterocycles. The highest BCUT2D eigenvalue weighted by molar-refractivity contribution is 5.81. The summed E-state index contributed by atoms with van der Waals surface area (Å²) < 4.78 is 5.48. The molecule has 3 N–H and O–H groups in total. The number of carbonyl (C=O) groups is 1. The maximum atomic E-state index is 12.4. The fraction of sp³-hybridized carbons (Fsp3) is 0.320. The number of nitrogen functional groups attached to an aromatic ring is 1. The second-order valence-electron chi connectivity index (χ2n) is 9.04. The molecule has 2 aromatic carbocycles. The van der Waals surface area contributed by atoms with Gasteiger partial charge in [-0.15, -0.1) is 10.2 Å². The Kier molecular flexibility index (Phi) is 5.39. The van der Waals surface area contributed by atoms with Crippen molar-refractivity contribution in [1.29, 1.82) is 0 Å². The average molecular weight is 417 g/mol. The number of ether oxygens (including phenoxy) is 1. The van der Waals surface area contributed by atoms with E-state index in [1.54, 1.807) is 0 Å². The first-order valence-corrected chi connectivity index (χ1v) is 10.6. The summed E-state index contributed by atoms with van der Waals surface area (Å²) in [5.41, 5.74) is 9.76. The van der Waals surface area contributed by atoms with E-state index >= 15 is 0 Å². The normalized spacial score (nSPS) is 15.1. The third kappa shape index (κ3) is 4.53. The second-order valence-corrected chi connectivity index (χ2v) is 9.04. The summed E-state index contributed by atoms with van der Waals surface area (Å²) in [4.78, 5) is 12.4. The Morgan fingerprint density at radius 2 is 1.68 bits per heavy atom. The van der Waals surface area contributed by atoms with Gasteiger partial charge < -0.3 is 15.8 Å². The molecule has 1 fully saturated rings. The van der Waals surface area contributed by atoms with Gasteiger partial charge in [0.15, 0.2) is 0 Å². The van der Waals surface area contributed by atoms with Crippen molar-refractivity contribution in [3.05, 3.63) is 66.2 Å². The van der Waals surface area contributed by atoms with E-state index < -0.39 is 5.60 Å². The maximum Gasteiger partial charge on any atom is 0.408 e. The summed E-state index contributed by atoms with van der Waals surface area (Å²) in [5, 5.41) is 11.5. The molecule has 4 rings (SSSR count). The standard InChI is InChI=1S/C25H28N4O2/c1-24(2,3)31-23(30)27-25(14-7-15-25)19-12-10-18(11-13-19)22-20(16-21(26)28-29-22)17-8-5-4-6-9-17/h4-6,8-13,16H,7,14-15H2,1-3H3,(H2,26,28)(H,27,30). The third-order valence-corrected chi connectivity index (χ3v) is 5.56. The molecule has 0 atom stereocenters. The van der Waals surface area contributed by atoms with Crippen molar-refractivity contribution in [3.63, 3.8) is 0 Å². The average Bonchev–Trinajstić information content (AvgIpc) is 2.70. The molecule has 31 heavy (non-hydrogen) atoms. The van der Waals surface area contributed by atoms with Crippen molar-refractivity contribution >= 4 is 11.9 Å². The van der Waals surface area contributed by atoms with Gasteiger partial charge in [-0.1, -0.05) is 54.6 Å². The van der Waals surface area contributed by atoms with Gasteiger partial charge in [-0.05, 0) is 57.2 Å². The molecule has 1 saturated carbocycles. The van der Waals surface area contributed by atoms with Gasteiger partial charge in [0.2, 0.25) is 0 Å². The Morgan fingerprint density at radius 3 is 2.26 bits per heavy atom. The minimum atomic E-state index is -0.527. The third-order valence-electron chi connectivity index (χ3n) is 5.56. The summed E-state index contributed by atoms with van der Waals surface area (Å²) in [6, 6.07) is 20.0. The van der Waals surface area contributed by atoms with Crippen LogP contribution in [0, 0.1) is 0 Å². The number of nitrogens with one attached hydrogen (secondary N) is 1. The molecular weight excluding hydrogens is 388 g/mol. The van der Waals surface area contributed by atoms with Crippen molar-refractivity contribution in [3.8, 4) is 22.4 Å². The first-order valence-electron chi connectivity index (χ1n) is 10.6. The van der Waals surface area contributed by atoms with Gasteiger partial charge in [0.05, 0.1) is 5.54 Å². The summed E-state index contributed by atoms with van der Waals surface area (Å²) in [7, 11) is 0. The van der Waals surface area contributed by atoms with Crippen LogP contribution >= 0.6 is 0 Å². The van der Waals surface area contributed by atoms with E-state index in [4.69, 9.17) is 10.5 Å². The van der Waals surface area contributed by atoms with E-state index in [0.29, 0.717) is 5.82 Å². The molecule has 1 heterocycles. The van der Waals surface area contributed by atoms with Gasteiger partial charge >= 0.3 is 6.09 Å². The van der Waals surface area contributed by atoms with Crippen LogP contribution in [0.5, 0.6) is 0 Å². The highest BCUT2D eigenvalue weighted by Gasteiger charge is 2.41. The number of anilines is 1. The van der Waals surface area contributed by atoms with Crippen molar-refractivity contribution in [2.75, 3.05) is 5.73 Å². The van der Waals surface area contributed by atoms with Crippen LogP contribution in [-0.2, 0) is 10.3 Å². The van der Waals surface area contributed by atoms with Crippen LogP contribution in [0.3, 0.4) is 0 Å². The van der Waals surface area contributed by atoms with Crippen LogP contribution in [0.2, 0.25) is 0 Å². The summed E-state index contributed by atoms with van der Waals surface area (Å²) in [6.07, 6.45) is 2.47. The van der Waals surface area contributed by atoms with Gasteiger partial charge in [-0.2, -0.15) is 0 Å². The number of nitrogens with zero attached hydrogens (tertiary/aromatic N) is 2. The molecule has 0 unspecified atom stereocenters. The number of aromatic nitrogens is 2. The number of amides is 1. The van der Waals surface area contributed by atoms with Gasteiger partial charge in [0.25, 0.3) is 0 Å². The van der Waals surface area contributed by atoms with Crippen LogP contribution in [0.25, 0.3) is 22.4 Å². The van der Waals surface area contributed by atoms with Crippen LogP contribution in [0.4, 0.5) is 10.6 Å². The van der Waals surface area contributed by atoms with Crippen molar-refractivity contribution < 1.29 is 9.53 Å². The predicted octanol–water partition coefficient (Wildman–Crippen LogP) is 5.30. The molecule has 1 aliphatic carbocycles. The Hall–Kier alpha value is -3.41. The first-order chi connectivity index (χ1) is 14.8. The number of hydrogen-bond acceptors (Lipinski definition) is 5. The first kappa shape index (κ1) is 20.8. The number of carbonyl (C=O) groups excluding carboxylic acids is 1. The van der Waals surface area contributed by atoms with Crippen molar-refractivity contribution in [1.82, 2.24) is 15.5 Å². The molecule has 0 spiro atoms. The Labute approximate surface area is 182 Å². The van der Waals surface area contributed by atoms with Gasteiger partial charge in [-0.25, -0.2) is 4.79 Å². The fourth-order valence-electron chi connectivity index (χ4n) is 3.92. The van der Waals surface area contributed by atoms with Crippen LogP contribution in [0.15, 0.2) is 60.7 Å². The number of benzene rings is 2. The van der Waals surface area contributed by atoms with Crippen molar-refractivity contribution in [2.45, 2.75) is 51.2 Å². The van der Waals surface area contributed by atoms with Crippen molar-refractivity contribution in [2.24, 2.45) is 0 Å². The lowest BCUT2D eigenvalue weighted by Gasteiger charge is -2.43. The van der Waals surface area contributed by atoms with Crippen LogP contribution in [-0.4, -0.2) is 21.9 Å². The number of alkyl carbamates (subject to hydrolysis) is 1. The van der Waals surface area contributed by atoms with E-state index in [1.165, 1.54) is 0 Å². The lowest BCUT2D eigenvalue weighted by Crippen LogP contribution is -2.52. The molecule has 3 aromatic rings. The van der Waals surface area contributed by atoms with Gasteiger partial charge in [0.1, 0.15) is 17.1 Å². The summed E-state index contributed by atoms with van der Waals surface area (Å²) in [6.45, 7) is 5.60. The second kappa shape index (κ2) is 8.02. The smallest absolute Gasteiger partial charge is 0.408 e. The monoisotopic (exact) mass is 416 g/mol. The van der Waals surface area contributed by atoms with E-state index in [1.807, 2.05) is 69.3 Å². The molecule has 6 nitrogen and oxygen atoms in total. The zero-order valence-corrected chi connectivity index (χ0v) is 18.2. The fourth-order valence-corrected chi connectivity index (χ4v) is 3.92. The topological polar surface area (TPSA) is 90.1 Å². The molecule has 1 amide bonds. The Balaban J connectivity index is 1.63. The molecule has 0 saturated heterocycles.